The first-order valence-electron chi connectivity index (χ1n) is 10.8. The van der Waals surface area contributed by atoms with Crippen molar-refractivity contribution in [1.82, 2.24) is 28.9 Å². The van der Waals surface area contributed by atoms with Gasteiger partial charge in [-0.15, -0.1) is 10.2 Å². The summed E-state index contributed by atoms with van der Waals surface area (Å²) in [6.45, 7) is 4.52. The topological polar surface area (TPSA) is 91.6 Å². The van der Waals surface area contributed by atoms with Crippen molar-refractivity contribution in [1.29, 1.82) is 0 Å². The van der Waals surface area contributed by atoms with Crippen LogP contribution in [-0.4, -0.2) is 77.0 Å². The number of fused-ring (bicyclic) bond motifs is 1. The number of carbonyl (C=O) groups is 1. The molecule has 2 amide bonds. The van der Waals surface area contributed by atoms with Crippen LogP contribution in [0.4, 0.5) is 4.79 Å². The number of piperidine rings is 1. The summed E-state index contributed by atoms with van der Waals surface area (Å²) in [4.78, 5) is 16.0. The summed E-state index contributed by atoms with van der Waals surface area (Å²) in [6.07, 6.45) is 2.34. The lowest BCUT2D eigenvalue weighted by Crippen LogP contribution is -2.44. The van der Waals surface area contributed by atoms with Crippen molar-refractivity contribution in [2.75, 3.05) is 33.7 Å². The Morgan fingerprint density at radius 3 is 2.48 bits per heavy atom. The number of sulfonamides is 1. The maximum Gasteiger partial charge on any atom is 0.319 e. The van der Waals surface area contributed by atoms with E-state index in [1.807, 2.05) is 24.0 Å². The Balaban J connectivity index is 1.49. The third-order valence-corrected chi connectivity index (χ3v) is 8.18. The largest absolute Gasteiger partial charge is 0.331 e. The lowest BCUT2D eigenvalue weighted by molar-refractivity contribution is 0.155. The number of aryl methyl sites for hydroxylation is 1. The number of hydrogen-bond donors (Lipinski definition) is 0. The number of likely N-dealkylation sites (tertiary alicyclic amines) is 1. The Hall–Kier alpha value is -2.46. The second-order valence-electron chi connectivity index (χ2n) is 8.36. The number of carbonyl (C=O) groups excluding carboxylic acids is 1. The maximum absolute atomic E-state index is 13.3. The predicted octanol–water partition coefficient (Wildman–Crippen LogP) is 1.91. The van der Waals surface area contributed by atoms with Crippen LogP contribution in [0.2, 0.25) is 0 Å². The van der Waals surface area contributed by atoms with Gasteiger partial charge < -0.3 is 14.4 Å². The lowest BCUT2D eigenvalue weighted by Gasteiger charge is -2.34. The van der Waals surface area contributed by atoms with Gasteiger partial charge in [0.25, 0.3) is 0 Å². The Kier molecular flexibility index (Phi) is 6.02. The summed E-state index contributed by atoms with van der Waals surface area (Å²) >= 11 is 0. The van der Waals surface area contributed by atoms with E-state index in [4.69, 9.17) is 0 Å². The van der Waals surface area contributed by atoms with Crippen molar-refractivity contribution < 1.29 is 13.2 Å². The summed E-state index contributed by atoms with van der Waals surface area (Å²) < 4.78 is 30.1. The molecule has 1 aromatic heterocycles. The Labute approximate surface area is 183 Å². The third kappa shape index (κ3) is 4.06. The van der Waals surface area contributed by atoms with Crippen LogP contribution in [-0.2, 0) is 29.5 Å². The summed E-state index contributed by atoms with van der Waals surface area (Å²) in [5.41, 5.74) is 0.828. The zero-order chi connectivity index (χ0) is 22.2. The van der Waals surface area contributed by atoms with E-state index in [0.29, 0.717) is 43.3 Å². The molecule has 9 nitrogen and oxygen atoms in total. The predicted molar refractivity (Wildman–Crippen MR) is 116 cm³/mol. The third-order valence-electron chi connectivity index (χ3n) is 6.23. The van der Waals surface area contributed by atoms with Gasteiger partial charge in [-0.25, -0.2) is 13.2 Å². The van der Waals surface area contributed by atoms with Crippen LogP contribution in [0.15, 0.2) is 29.2 Å². The van der Waals surface area contributed by atoms with Crippen LogP contribution < -0.4 is 0 Å². The molecule has 0 atom stereocenters. The van der Waals surface area contributed by atoms with E-state index in [-0.39, 0.29) is 18.5 Å². The quantitative estimate of drug-likeness (QED) is 0.715. The standard InChI is InChI=1S/C21H30N6O3S/c1-4-16-7-5-6-8-18(16)31(29,30)26-13-14-27-19(15-26)22-23-20(27)17-9-11-25(12-10-17)21(28)24(2)3/h5-8,17H,4,9-15H2,1-3H3. The number of aromatic nitrogens is 3. The molecule has 0 N–H and O–H groups in total. The molecule has 168 valence electrons. The first-order chi connectivity index (χ1) is 14.8. The molecule has 0 saturated carbocycles. The fourth-order valence-electron chi connectivity index (χ4n) is 4.46. The monoisotopic (exact) mass is 446 g/mol. The van der Waals surface area contributed by atoms with Crippen molar-refractivity contribution in [2.24, 2.45) is 0 Å². The van der Waals surface area contributed by atoms with E-state index in [2.05, 4.69) is 14.8 Å². The molecule has 3 heterocycles. The van der Waals surface area contributed by atoms with Crippen LogP contribution >= 0.6 is 0 Å². The van der Waals surface area contributed by atoms with Gasteiger partial charge in [0.1, 0.15) is 11.6 Å². The molecule has 1 aromatic carbocycles. The smallest absolute Gasteiger partial charge is 0.319 e. The molecule has 1 saturated heterocycles. The van der Waals surface area contributed by atoms with Gasteiger partial charge in [0.2, 0.25) is 10.0 Å². The van der Waals surface area contributed by atoms with Gasteiger partial charge >= 0.3 is 6.03 Å². The van der Waals surface area contributed by atoms with Crippen LogP contribution in [0.5, 0.6) is 0 Å². The van der Waals surface area contributed by atoms with E-state index in [1.165, 1.54) is 4.31 Å². The Morgan fingerprint density at radius 2 is 1.81 bits per heavy atom. The van der Waals surface area contributed by atoms with Gasteiger partial charge in [-0.2, -0.15) is 4.31 Å². The zero-order valence-corrected chi connectivity index (χ0v) is 19.2. The number of nitrogens with zero attached hydrogens (tertiary/aromatic N) is 6. The van der Waals surface area contributed by atoms with Crippen molar-refractivity contribution in [3.8, 4) is 0 Å². The fraction of sp³-hybridized carbons (Fsp3) is 0.571. The maximum atomic E-state index is 13.3. The van der Waals surface area contributed by atoms with Crippen LogP contribution in [0.25, 0.3) is 0 Å². The molecule has 0 bridgehead atoms. The van der Waals surface area contributed by atoms with Gasteiger partial charge in [-0.05, 0) is 30.9 Å². The molecule has 2 aliphatic heterocycles. The lowest BCUT2D eigenvalue weighted by atomic mass is 9.96. The SMILES string of the molecule is CCc1ccccc1S(=O)(=O)N1CCn2c(nnc2C2CCN(C(=O)N(C)C)CC2)C1. The number of hydrogen-bond acceptors (Lipinski definition) is 5. The second kappa shape index (κ2) is 8.58. The second-order valence-corrected chi connectivity index (χ2v) is 10.3. The number of amides is 2. The van der Waals surface area contributed by atoms with Crippen molar-refractivity contribution in [3.05, 3.63) is 41.5 Å². The average molecular weight is 447 g/mol. The zero-order valence-electron chi connectivity index (χ0n) is 18.4. The molecule has 0 aliphatic carbocycles. The van der Waals surface area contributed by atoms with E-state index in [9.17, 15) is 13.2 Å². The fourth-order valence-corrected chi connectivity index (χ4v) is 6.14. The highest BCUT2D eigenvalue weighted by Gasteiger charge is 2.34. The summed E-state index contributed by atoms with van der Waals surface area (Å²) in [7, 11) is -0.0529. The summed E-state index contributed by atoms with van der Waals surface area (Å²) in [6, 6.07) is 7.22. The minimum Gasteiger partial charge on any atom is -0.331 e. The summed E-state index contributed by atoms with van der Waals surface area (Å²) in [5, 5.41) is 8.76. The summed E-state index contributed by atoms with van der Waals surface area (Å²) in [5.74, 6) is 1.83. The van der Waals surface area contributed by atoms with Crippen LogP contribution in [0, 0.1) is 0 Å². The number of benzene rings is 1. The van der Waals surface area contributed by atoms with E-state index in [1.54, 1.807) is 31.1 Å². The molecular formula is C21H30N6O3S. The molecular weight excluding hydrogens is 416 g/mol. The molecule has 31 heavy (non-hydrogen) atoms. The first-order valence-corrected chi connectivity index (χ1v) is 12.2. The van der Waals surface area contributed by atoms with Gasteiger partial charge in [0, 0.05) is 46.2 Å². The minimum absolute atomic E-state index is 0.0370. The molecule has 4 rings (SSSR count). The molecule has 0 radical (unpaired) electrons. The highest BCUT2D eigenvalue weighted by Crippen LogP contribution is 2.30. The number of rotatable bonds is 4. The highest BCUT2D eigenvalue weighted by atomic mass is 32.2. The minimum atomic E-state index is -3.58. The molecule has 2 aliphatic rings. The molecule has 0 unspecified atom stereocenters. The molecule has 2 aromatic rings. The van der Waals surface area contributed by atoms with Crippen molar-refractivity contribution in [3.63, 3.8) is 0 Å². The van der Waals surface area contributed by atoms with Gasteiger partial charge in [-0.1, -0.05) is 25.1 Å². The van der Waals surface area contributed by atoms with Crippen molar-refractivity contribution >= 4 is 16.1 Å². The first kappa shape index (κ1) is 21.8. The van der Waals surface area contributed by atoms with E-state index < -0.39 is 10.0 Å². The van der Waals surface area contributed by atoms with Gasteiger partial charge in [-0.3, -0.25) is 0 Å². The van der Waals surface area contributed by atoms with Gasteiger partial charge in [0.15, 0.2) is 0 Å². The Morgan fingerprint density at radius 1 is 1.10 bits per heavy atom. The van der Waals surface area contributed by atoms with Crippen molar-refractivity contribution in [2.45, 2.75) is 50.1 Å². The Bertz CT molecular complexity index is 1060. The number of urea groups is 1. The van der Waals surface area contributed by atoms with Crippen LogP contribution in [0.3, 0.4) is 0 Å². The average Bonchev–Trinajstić information content (AvgIpc) is 3.22. The van der Waals surface area contributed by atoms with Crippen LogP contribution in [0.1, 0.15) is 42.9 Å². The highest BCUT2D eigenvalue weighted by molar-refractivity contribution is 7.89. The normalized spacial score (nSPS) is 18.1. The molecule has 10 heteroatoms. The van der Waals surface area contributed by atoms with E-state index in [0.717, 1.165) is 24.2 Å². The molecule has 1 fully saturated rings. The molecule has 0 spiro atoms. The van der Waals surface area contributed by atoms with E-state index >= 15 is 0 Å². The van der Waals surface area contributed by atoms with Gasteiger partial charge in [0.05, 0.1) is 11.4 Å².